The molecule has 0 bridgehead atoms. The lowest BCUT2D eigenvalue weighted by atomic mass is 9.84. The highest BCUT2D eigenvalue weighted by atomic mass is 32.2. The highest BCUT2D eigenvalue weighted by Gasteiger charge is 2.24. The molecule has 1 aliphatic rings. The van der Waals surface area contributed by atoms with E-state index in [0.717, 1.165) is 16.5 Å². The van der Waals surface area contributed by atoms with Crippen LogP contribution in [0.3, 0.4) is 0 Å². The lowest BCUT2D eigenvalue weighted by molar-refractivity contribution is 0.443. The zero-order valence-corrected chi connectivity index (χ0v) is 17.7. The van der Waals surface area contributed by atoms with Gasteiger partial charge in [-0.25, -0.2) is 17.4 Å². The van der Waals surface area contributed by atoms with E-state index in [1.807, 2.05) is 25.5 Å². The van der Waals surface area contributed by atoms with Crippen LogP contribution in [-0.4, -0.2) is 27.2 Å². The van der Waals surface area contributed by atoms with Crippen LogP contribution in [0.15, 0.2) is 66.1 Å². The molecule has 0 unspecified atom stereocenters. The maximum absolute atomic E-state index is 13.4. The van der Waals surface area contributed by atoms with Crippen molar-refractivity contribution in [1.82, 2.24) is 18.7 Å². The summed E-state index contributed by atoms with van der Waals surface area (Å²) in [5, 5.41) is 5.13. The Labute approximate surface area is 176 Å². The first-order valence-corrected chi connectivity index (χ1v) is 11.8. The molecule has 0 aliphatic heterocycles. The summed E-state index contributed by atoms with van der Waals surface area (Å²) in [4.78, 5) is 4.91. The van der Waals surface area contributed by atoms with Gasteiger partial charge in [-0.05, 0) is 42.5 Å². The average molecular weight is 421 g/mol. The predicted octanol–water partition coefficient (Wildman–Crippen LogP) is 4.72. The van der Waals surface area contributed by atoms with Crippen LogP contribution >= 0.6 is 0 Å². The molecule has 1 aliphatic carbocycles. The van der Waals surface area contributed by atoms with Gasteiger partial charge in [0, 0.05) is 42.2 Å². The van der Waals surface area contributed by atoms with Crippen molar-refractivity contribution in [3.8, 4) is 11.1 Å². The quantitative estimate of drug-likeness (QED) is 0.479. The minimum atomic E-state index is -3.76. The largest absolute Gasteiger partial charge is 0.275 e. The Balaban J connectivity index is 1.72. The van der Waals surface area contributed by atoms with Gasteiger partial charge in [-0.2, -0.15) is 5.10 Å². The molecule has 1 fully saturated rings. The van der Waals surface area contributed by atoms with Crippen molar-refractivity contribution in [3.05, 3.63) is 66.7 Å². The molecule has 4 aromatic rings. The molecule has 7 heteroatoms. The van der Waals surface area contributed by atoms with E-state index >= 15 is 0 Å². The van der Waals surface area contributed by atoms with Crippen molar-refractivity contribution in [3.63, 3.8) is 0 Å². The number of aromatic nitrogens is 4. The minimum Gasteiger partial charge on any atom is -0.275 e. The maximum Gasteiger partial charge on any atom is 0.269 e. The van der Waals surface area contributed by atoms with Crippen LogP contribution in [0.4, 0.5) is 0 Å². The molecule has 6 nitrogen and oxygen atoms in total. The number of nitrogens with zero attached hydrogens (tertiary/aromatic N) is 4. The fourth-order valence-electron chi connectivity index (χ4n) is 4.43. The van der Waals surface area contributed by atoms with Gasteiger partial charge in [0.15, 0.2) is 5.65 Å². The second-order valence-corrected chi connectivity index (χ2v) is 9.85. The zero-order valence-electron chi connectivity index (χ0n) is 16.9. The number of hydrogen-bond acceptors (Lipinski definition) is 4. The van der Waals surface area contributed by atoms with Crippen LogP contribution < -0.4 is 0 Å². The smallest absolute Gasteiger partial charge is 0.269 e. The first-order valence-electron chi connectivity index (χ1n) is 10.3. The molecular formula is C23H24N4O2S. The molecule has 0 amide bonds. The lowest BCUT2D eigenvalue weighted by Gasteiger charge is -2.21. The summed E-state index contributed by atoms with van der Waals surface area (Å²) >= 11 is 0. The second-order valence-electron chi connectivity index (χ2n) is 8.03. The third-order valence-electron chi connectivity index (χ3n) is 6.03. The number of fused-ring (bicyclic) bond motifs is 1. The summed E-state index contributed by atoms with van der Waals surface area (Å²) in [6, 6.07) is 10.6. The van der Waals surface area contributed by atoms with E-state index < -0.39 is 10.0 Å². The fraction of sp³-hybridized carbons (Fsp3) is 0.304. The molecular weight excluding hydrogens is 396 g/mol. The van der Waals surface area contributed by atoms with Gasteiger partial charge in [0.25, 0.3) is 10.0 Å². The molecule has 154 valence electrons. The Morgan fingerprint density at radius 3 is 2.47 bits per heavy atom. The van der Waals surface area contributed by atoms with E-state index in [-0.39, 0.29) is 4.90 Å². The van der Waals surface area contributed by atoms with Crippen LogP contribution in [-0.2, 0) is 17.1 Å². The molecule has 5 rings (SSSR count). The second kappa shape index (κ2) is 7.40. The zero-order chi connectivity index (χ0) is 20.7. The first-order chi connectivity index (χ1) is 14.5. The maximum atomic E-state index is 13.4. The number of hydrogen-bond donors (Lipinski definition) is 0. The summed E-state index contributed by atoms with van der Waals surface area (Å²) in [7, 11) is -1.90. The van der Waals surface area contributed by atoms with E-state index in [0.29, 0.717) is 11.6 Å². The molecule has 0 atom stereocenters. The number of aryl methyl sites for hydroxylation is 1. The number of benzene rings is 1. The average Bonchev–Trinajstić information content (AvgIpc) is 3.38. The van der Waals surface area contributed by atoms with Crippen molar-refractivity contribution in [2.75, 3.05) is 0 Å². The van der Waals surface area contributed by atoms with Crippen LogP contribution in [0, 0.1) is 0 Å². The predicted molar refractivity (Wildman–Crippen MR) is 117 cm³/mol. The normalized spacial score (nSPS) is 15.6. The standard InChI is InChI=1S/C23H24N4O2S/c1-26-15-19(14-25-26)22-16-27(30(28,29)20-10-6-3-7-11-20)23-21(22)12-18(13-24-23)17-8-4-2-5-9-17/h3,6-7,10-17H,2,4-5,8-9H2,1H3. The van der Waals surface area contributed by atoms with Crippen molar-refractivity contribution in [2.45, 2.75) is 42.9 Å². The van der Waals surface area contributed by atoms with Crippen molar-refractivity contribution in [2.24, 2.45) is 7.05 Å². The molecule has 0 saturated heterocycles. The first kappa shape index (κ1) is 19.1. The van der Waals surface area contributed by atoms with Crippen LogP contribution in [0.25, 0.3) is 22.2 Å². The van der Waals surface area contributed by atoms with E-state index in [1.54, 1.807) is 41.3 Å². The number of pyridine rings is 1. The molecule has 3 aromatic heterocycles. The van der Waals surface area contributed by atoms with Crippen molar-refractivity contribution >= 4 is 21.1 Å². The van der Waals surface area contributed by atoms with Crippen molar-refractivity contribution < 1.29 is 8.42 Å². The van der Waals surface area contributed by atoms with E-state index in [9.17, 15) is 8.42 Å². The fourth-order valence-corrected chi connectivity index (χ4v) is 5.78. The third kappa shape index (κ3) is 3.23. The summed E-state index contributed by atoms with van der Waals surface area (Å²) in [6.07, 6.45) is 13.3. The van der Waals surface area contributed by atoms with E-state index in [4.69, 9.17) is 0 Å². The van der Waals surface area contributed by atoms with Crippen LogP contribution in [0.5, 0.6) is 0 Å². The van der Waals surface area contributed by atoms with Gasteiger partial charge in [-0.1, -0.05) is 37.5 Å². The van der Waals surface area contributed by atoms with Gasteiger partial charge in [-0.15, -0.1) is 0 Å². The molecule has 0 spiro atoms. The Morgan fingerprint density at radius 2 is 1.77 bits per heavy atom. The summed E-state index contributed by atoms with van der Waals surface area (Å²) < 4.78 is 29.8. The van der Waals surface area contributed by atoms with Crippen molar-refractivity contribution in [1.29, 1.82) is 0 Å². The number of rotatable bonds is 4. The Hall–Kier alpha value is -2.93. The highest BCUT2D eigenvalue weighted by molar-refractivity contribution is 7.90. The monoisotopic (exact) mass is 420 g/mol. The SMILES string of the molecule is Cn1cc(-c2cn(S(=O)(=O)c3ccccc3)c3ncc(C4CCCCC4)cc23)cn1. The van der Waals surface area contributed by atoms with E-state index in [1.165, 1.54) is 41.6 Å². The van der Waals surface area contributed by atoms with Gasteiger partial charge in [0.1, 0.15) is 0 Å². The lowest BCUT2D eigenvalue weighted by Crippen LogP contribution is -2.12. The molecule has 0 N–H and O–H groups in total. The topological polar surface area (TPSA) is 69.8 Å². The summed E-state index contributed by atoms with van der Waals surface area (Å²) in [5.41, 5.74) is 3.37. The van der Waals surface area contributed by atoms with E-state index in [2.05, 4.69) is 16.1 Å². The van der Waals surface area contributed by atoms with Gasteiger partial charge in [0.2, 0.25) is 0 Å². The molecule has 30 heavy (non-hydrogen) atoms. The van der Waals surface area contributed by atoms with Gasteiger partial charge in [0.05, 0.1) is 11.1 Å². The Bertz CT molecular complexity index is 1300. The Kier molecular flexibility index (Phi) is 4.70. The van der Waals surface area contributed by atoms with Crippen LogP contribution in [0.2, 0.25) is 0 Å². The van der Waals surface area contributed by atoms with Gasteiger partial charge < -0.3 is 0 Å². The highest BCUT2D eigenvalue weighted by Crippen LogP contribution is 2.37. The molecule has 3 heterocycles. The minimum absolute atomic E-state index is 0.248. The van der Waals surface area contributed by atoms with Gasteiger partial charge in [-0.3, -0.25) is 4.68 Å². The Morgan fingerprint density at radius 1 is 1.00 bits per heavy atom. The molecule has 1 saturated carbocycles. The molecule has 0 radical (unpaired) electrons. The van der Waals surface area contributed by atoms with Crippen LogP contribution in [0.1, 0.15) is 43.6 Å². The summed E-state index contributed by atoms with van der Waals surface area (Å²) in [5.74, 6) is 0.492. The van der Waals surface area contributed by atoms with Gasteiger partial charge >= 0.3 is 0 Å². The summed E-state index contributed by atoms with van der Waals surface area (Å²) in [6.45, 7) is 0. The third-order valence-corrected chi connectivity index (χ3v) is 7.69. The molecule has 1 aromatic carbocycles.